The van der Waals surface area contributed by atoms with Crippen molar-refractivity contribution >= 4 is 35.4 Å². The van der Waals surface area contributed by atoms with Crippen molar-refractivity contribution in [2.24, 2.45) is 4.99 Å². The number of hydrogen-bond acceptors (Lipinski definition) is 3. The lowest BCUT2D eigenvalue weighted by Crippen LogP contribution is -2.08. The summed E-state index contributed by atoms with van der Waals surface area (Å²) in [5.74, 6) is -2.60. The number of aromatic carboxylic acids is 2. The van der Waals surface area contributed by atoms with Crippen LogP contribution in [0.15, 0.2) is 47.5 Å². The molecule has 0 bridgehead atoms. The molecule has 0 unspecified atom stereocenters. The van der Waals surface area contributed by atoms with E-state index in [1.165, 1.54) is 24.4 Å². The van der Waals surface area contributed by atoms with E-state index < -0.39 is 11.9 Å². The molecule has 0 amide bonds. The average molecular weight is 304 g/mol. The predicted molar refractivity (Wildman–Crippen MR) is 79.1 cm³/mol. The lowest BCUT2D eigenvalue weighted by Gasteiger charge is -2.03. The van der Waals surface area contributed by atoms with Crippen molar-refractivity contribution in [3.8, 4) is 0 Å². The number of para-hydroxylation sites is 1. The lowest BCUT2D eigenvalue weighted by atomic mass is 10.0. The van der Waals surface area contributed by atoms with Gasteiger partial charge in [-0.15, -0.1) is 0 Å². The first-order chi connectivity index (χ1) is 9.99. The fourth-order valence-electron chi connectivity index (χ4n) is 1.71. The summed E-state index contributed by atoms with van der Waals surface area (Å²) in [6, 6.07) is 10.9. The normalized spacial score (nSPS) is 10.7. The molecule has 0 aliphatic rings. The van der Waals surface area contributed by atoms with Crippen molar-refractivity contribution in [1.82, 2.24) is 0 Å². The highest BCUT2D eigenvalue weighted by molar-refractivity contribution is 6.33. The van der Waals surface area contributed by atoms with Crippen LogP contribution in [0.1, 0.15) is 26.3 Å². The van der Waals surface area contributed by atoms with Gasteiger partial charge in [-0.1, -0.05) is 29.8 Å². The smallest absolute Gasteiger partial charge is 0.336 e. The minimum atomic E-state index is -1.31. The molecule has 0 aliphatic carbocycles. The first kappa shape index (κ1) is 14.7. The molecule has 0 atom stereocenters. The number of aliphatic imine (C=N–C) groups is 1. The largest absolute Gasteiger partial charge is 0.478 e. The molecule has 2 rings (SSSR count). The highest BCUT2D eigenvalue weighted by Gasteiger charge is 2.15. The molecule has 0 aliphatic heterocycles. The van der Waals surface area contributed by atoms with Gasteiger partial charge in [0.05, 0.1) is 21.8 Å². The predicted octanol–water partition coefficient (Wildman–Crippen LogP) is 3.49. The van der Waals surface area contributed by atoms with Crippen molar-refractivity contribution in [1.29, 1.82) is 0 Å². The van der Waals surface area contributed by atoms with E-state index in [4.69, 9.17) is 21.8 Å². The summed E-state index contributed by atoms with van der Waals surface area (Å²) >= 11 is 5.95. The summed E-state index contributed by atoms with van der Waals surface area (Å²) < 4.78 is 0. The van der Waals surface area contributed by atoms with E-state index in [0.717, 1.165) is 0 Å². The van der Waals surface area contributed by atoms with Gasteiger partial charge in [0.15, 0.2) is 0 Å². The van der Waals surface area contributed by atoms with Gasteiger partial charge in [-0.05, 0) is 29.8 Å². The van der Waals surface area contributed by atoms with Crippen molar-refractivity contribution in [3.05, 3.63) is 64.2 Å². The zero-order valence-corrected chi connectivity index (χ0v) is 11.4. The summed E-state index contributed by atoms with van der Waals surface area (Å²) in [6.45, 7) is 0. The second-order valence-corrected chi connectivity index (χ2v) is 4.53. The molecule has 0 saturated carbocycles. The molecule has 2 aromatic rings. The number of carbonyl (C=O) groups is 2. The molecular formula is C15H10ClNO4. The van der Waals surface area contributed by atoms with Gasteiger partial charge in [0.1, 0.15) is 0 Å². The fraction of sp³-hybridized carbons (Fsp3) is 0. The third-order valence-electron chi connectivity index (χ3n) is 2.71. The Morgan fingerprint density at radius 1 is 1.00 bits per heavy atom. The molecule has 0 saturated heterocycles. The average Bonchev–Trinajstić information content (AvgIpc) is 2.46. The van der Waals surface area contributed by atoms with Crippen LogP contribution in [-0.2, 0) is 0 Å². The SMILES string of the molecule is O=C(O)c1ccc(C=Nc2ccccc2Cl)cc1C(=O)O. The minimum Gasteiger partial charge on any atom is -0.478 e. The van der Waals surface area contributed by atoms with Gasteiger partial charge in [-0.25, -0.2) is 9.59 Å². The number of halogens is 1. The topological polar surface area (TPSA) is 87.0 Å². The molecule has 6 heteroatoms. The zero-order chi connectivity index (χ0) is 15.4. The van der Waals surface area contributed by atoms with Crippen LogP contribution in [0.5, 0.6) is 0 Å². The van der Waals surface area contributed by atoms with Gasteiger partial charge in [0.2, 0.25) is 0 Å². The van der Waals surface area contributed by atoms with Crippen LogP contribution in [0.4, 0.5) is 5.69 Å². The summed E-state index contributed by atoms with van der Waals surface area (Å²) in [4.78, 5) is 26.2. The second-order valence-electron chi connectivity index (χ2n) is 4.12. The summed E-state index contributed by atoms with van der Waals surface area (Å²) in [5, 5.41) is 18.4. The number of hydrogen-bond donors (Lipinski definition) is 2. The molecule has 21 heavy (non-hydrogen) atoms. The van der Waals surface area contributed by atoms with Crippen LogP contribution in [0.25, 0.3) is 0 Å². The first-order valence-corrected chi connectivity index (χ1v) is 6.26. The van der Waals surface area contributed by atoms with E-state index in [2.05, 4.69) is 4.99 Å². The third-order valence-corrected chi connectivity index (χ3v) is 3.03. The van der Waals surface area contributed by atoms with Gasteiger partial charge in [-0.3, -0.25) is 4.99 Å². The number of carboxylic acid groups (broad SMARTS) is 2. The summed E-state index contributed by atoms with van der Waals surface area (Å²) in [7, 11) is 0. The quantitative estimate of drug-likeness (QED) is 0.846. The Balaban J connectivity index is 2.38. The molecule has 0 fully saturated rings. The lowest BCUT2D eigenvalue weighted by molar-refractivity contribution is 0.0651. The second kappa shape index (κ2) is 6.19. The zero-order valence-electron chi connectivity index (χ0n) is 10.7. The van der Waals surface area contributed by atoms with Crippen LogP contribution >= 0.6 is 11.6 Å². The summed E-state index contributed by atoms with van der Waals surface area (Å²) in [6.07, 6.45) is 1.43. The standard InChI is InChI=1S/C15H10ClNO4/c16-12-3-1-2-4-13(12)17-8-9-5-6-10(14(18)19)11(7-9)15(20)21/h1-8H,(H,18,19)(H,20,21). The van der Waals surface area contributed by atoms with E-state index >= 15 is 0 Å². The van der Waals surface area contributed by atoms with E-state index in [0.29, 0.717) is 16.3 Å². The van der Waals surface area contributed by atoms with Crippen LogP contribution in [0, 0.1) is 0 Å². The Kier molecular flexibility index (Phi) is 4.35. The highest BCUT2D eigenvalue weighted by Crippen LogP contribution is 2.23. The first-order valence-electron chi connectivity index (χ1n) is 5.88. The van der Waals surface area contributed by atoms with Crippen LogP contribution in [0.2, 0.25) is 5.02 Å². The van der Waals surface area contributed by atoms with Gasteiger partial charge in [0, 0.05) is 6.21 Å². The molecule has 106 valence electrons. The van der Waals surface area contributed by atoms with Crippen LogP contribution in [-0.4, -0.2) is 28.4 Å². The molecule has 2 N–H and O–H groups in total. The van der Waals surface area contributed by atoms with Crippen molar-refractivity contribution in [2.75, 3.05) is 0 Å². The minimum absolute atomic E-state index is 0.266. The van der Waals surface area contributed by atoms with E-state index in [-0.39, 0.29) is 11.1 Å². The van der Waals surface area contributed by atoms with Crippen LogP contribution in [0.3, 0.4) is 0 Å². The highest BCUT2D eigenvalue weighted by atomic mass is 35.5. The number of benzene rings is 2. The Bertz CT molecular complexity index is 740. The Hall–Kier alpha value is -2.66. The van der Waals surface area contributed by atoms with E-state index in [1.54, 1.807) is 24.3 Å². The Morgan fingerprint density at radius 3 is 2.29 bits per heavy atom. The molecule has 0 spiro atoms. The molecule has 0 heterocycles. The fourth-order valence-corrected chi connectivity index (χ4v) is 1.89. The van der Waals surface area contributed by atoms with Crippen LogP contribution < -0.4 is 0 Å². The van der Waals surface area contributed by atoms with Crippen molar-refractivity contribution in [2.45, 2.75) is 0 Å². The summed E-state index contributed by atoms with van der Waals surface area (Å²) in [5.41, 5.74) is 0.457. The maximum absolute atomic E-state index is 11.1. The van der Waals surface area contributed by atoms with Crippen molar-refractivity contribution in [3.63, 3.8) is 0 Å². The maximum Gasteiger partial charge on any atom is 0.336 e. The number of nitrogens with zero attached hydrogens (tertiary/aromatic N) is 1. The molecule has 0 radical (unpaired) electrons. The van der Waals surface area contributed by atoms with Crippen molar-refractivity contribution < 1.29 is 19.8 Å². The monoisotopic (exact) mass is 303 g/mol. The molecular weight excluding hydrogens is 294 g/mol. The van der Waals surface area contributed by atoms with Gasteiger partial charge >= 0.3 is 11.9 Å². The van der Waals surface area contributed by atoms with Gasteiger partial charge in [0.25, 0.3) is 0 Å². The molecule has 2 aromatic carbocycles. The molecule has 0 aromatic heterocycles. The number of rotatable bonds is 4. The number of carboxylic acids is 2. The van der Waals surface area contributed by atoms with Gasteiger partial charge in [-0.2, -0.15) is 0 Å². The Morgan fingerprint density at radius 2 is 1.67 bits per heavy atom. The third kappa shape index (κ3) is 3.46. The van der Waals surface area contributed by atoms with E-state index in [1.807, 2.05) is 0 Å². The Labute approximate surface area is 125 Å². The van der Waals surface area contributed by atoms with Gasteiger partial charge < -0.3 is 10.2 Å². The maximum atomic E-state index is 11.1. The van der Waals surface area contributed by atoms with E-state index in [9.17, 15) is 9.59 Å². The molecule has 5 nitrogen and oxygen atoms in total.